The lowest BCUT2D eigenvalue weighted by molar-refractivity contribution is -0.119. The summed E-state index contributed by atoms with van der Waals surface area (Å²) in [5, 5.41) is 0. The molecule has 0 spiro atoms. The lowest BCUT2D eigenvalue weighted by Gasteiger charge is -2.00. The third-order valence-corrected chi connectivity index (χ3v) is 3.74. The highest BCUT2D eigenvalue weighted by atomic mass is 16.1. The van der Waals surface area contributed by atoms with Crippen molar-refractivity contribution in [2.75, 3.05) is 0 Å². The van der Waals surface area contributed by atoms with Crippen LogP contribution in [-0.2, 0) is 4.79 Å². The molecule has 0 atom stereocenters. The highest BCUT2D eigenvalue weighted by Crippen LogP contribution is 2.10. The van der Waals surface area contributed by atoms with Gasteiger partial charge in [0.1, 0.15) is 5.78 Å². The molecule has 0 aliphatic heterocycles. The van der Waals surface area contributed by atoms with Crippen LogP contribution in [0.5, 0.6) is 0 Å². The van der Waals surface area contributed by atoms with Gasteiger partial charge in [0.25, 0.3) is 0 Å². The standard InChI is InChI=1S/C18H30O/c19-18-16-14-12-10-8-6-4-2-1-3-5-7-9-11-13-15-17-18/h8,10-11,13H,1-7,9,12,14-17H2. The smallest absolute Gasteiger partial charge is 0.133 e. The van der Waals surface area contributed by atoms with Crippen molar-refractivity contribution in [2.24, 2.45) is 0 Å². The van der Waals surface area contributed by atoms with Crippen LogP contribution >= 0.6 is 0 Å². The Kier molecular flexibility index (Phi) is 10.4. The Labute approximate surface area is 119 Å². The fourth-order valence-corrected chi connectivity index (χ4v) is 2.49. The van der Waals surface area contributed by atoms with Crippen LogP contribution in [0.4, 0.5) is 0 Å². The van der Waals surface area contributed by atoms with Gasteiger partial charge < -0.3 is 0 Å². The first-order valence-electron chi connectivity index (χ1n) is 8.21. The zero-order valence-corrected chi connectivity index (χ0v) is 12.4. The van der Waals surface area contributed by atoms with Crippen LogP contribution < -0.4 is 0 Å². The number of carbonyl (C=O) groups is 1. The van der Waals surface area contributed by atoms with Gasteiger partial charge >= 0.3 is 0 Å². The van der Waals surface area contributed by atoms with Crippen molar-refractivity contribution in [3.05, 3.63) is 24.3 Å². The Morgan fingerprint density at radius 3 is 1.63 bits per heavy atom. The number of hydrogen-bond donors (Lipinski definition) is 0. The maximum atomic E-state index is 11.6. The number of Topliss-reactive ketones (excluding diaryl/α,β-unsaturated/α-hetero) is 1. The first-order chi connectivity index (χ1) is 9.39. The first-order valence-corrected chi connectivity index (χ1v) is 8.21. The van der Waals surface area contributed by atoms with E-state index >= 15 is 0 Å². The van der Waals surface area contributed by atoms with Crippen LogP contribution in [0.15, 0.2) is 24.3 Å². The predicted molar refractivity (Wildman–Crippen MR) is 83.3 cm³/mol. The lowest BCUT2D eigenvalue weighted by Crippen LogP contribution is -1.96. The fraction of sp³-hybridized carbons (Fsp3) is 0.722. The predicted octanol–water partition coefficient (Wildman–Crippen LogP) is 5.75. The van der Waals surface area contributed by atoms with Crippen molar-refractivity contribution in [1.82, 2.24) is 0 Å². The first kappa shape index (κ1) is 16.2. The molecule has 0 unspecified atom stereocenters. The summed E-state index contributed by atoms with van der Waals surface area (Å²) in [5.41, 5.74) is 0. The third-order valence-electron chi connectivity index (χ3n) is 3.74. The Bertz CT molecular complexity index is 275. The van der Waals surface area contributed by atoms with Gasteiger partial charge in [-0.15, -0.1) is 0 Å². The summed E-state index contributed by atoms with van der Waals surface area (Å²) in [5.74, 6) is 0.430. The molecule has 0 aromatic carbocycles. The summed E-state index contributed by atoms with van der Waals surface area (Å²) in [4.78, 5) is 11.6. The molecule has 0 saturated carbocycles. The van der Waals surface area contributed by atoms with Gasteiger partial charge in [0.15, 0.2) is 0 Å². The summed E-state index contributed by atoms with van der Waals surface area (Å²) < 4.78 is 0. The molecular formula is C18H30O. The van der Waals surface area contributed by atoms with E-state index in [0.717, 1.165) is 32.1 Å². The third kappa shape index (κ3) is 10.7. The van der Waals surface area contributed by atoms with Gasteiger partial charge in [0, 0.05) is 12.8 Å². The van der Waals surface area contributed by atoms with Crippen molar-refractivity contribution in [2.45, 2.75) is 83.5 Å². The number of carbonyl (C=O) groups excluding carboxylic acids is 1. The van der Waals surface area contributed by atoms with E-state index in [1.807, 2.05) is 0 Å². The molecule has 1 rings (SSSR count). The normalized spacial score (nSPS) is 21.8. The van der Waals surface area contributed by atoms with Crippen LogP contribution in [0.1, 0.15) is 83.5 Å². The largest absolute Gasteiger partial charge is 0.300 e. The van der Waals surface area contributed by atoms with E-state index < -0.39 is 0 Å². The highest BCUT2D eigenvalue weighted by Gasteiger charge is 1.99. The summed E-state index contributed by atoms with van der Waals surface area (Å²) in [7, 11) is 0. The monoisotopic (exact) mass is 262 g/mol. The van der Waals surface area contributed by atoms with Crippen LogP contribution in [-0.4, -0.2) is 5.78 Å². The van der Waals surface area contributed by atoms with Crippen LogP contribution in [0.25, 0.3) is 0 Å². The van der Waals surface area contributed by atoms with Crippen LogP contribution in [0.2, 0.25) is 0 Å². The zero-order valence-electron chi connectivity index (χ0n) is 12.4. The van der Waals surface area contributed by atoms with Crippen molar-refractivity contribution in [3.63, 3.8) is 0 Å². The maximum Gasteiger partial charge on any atom is 0.133 e. The van der Waals surface area contributed by atoms with Gasteiger partial charge in [-0.2, -0.15) is 0 Å². The lowest BCUT2D eigenvalue weighted by atomic mass is 10.1. The number of ketones is 1. The van der Waals surface area contributed by atoms with Gasteiger partial charge in [-0.25, -0.2) is 0 Å². The summed E-state index contributed by atoms with van der Waals surface area (Å²) in [6, 6.07) is 0. The van der Waals surface area contributed by atoms with E-state index in [-0.39, 0.29) is 0 Å². The Morgan fingerprint density at radius 2 is 1.00 bits per heavy atom. The van der Waals surface area contributed by atoms with Crippen LogP contribution in [0.3, 0.4) is 0 Å². The molecule has 19 heavy (non-hydrogen) atoms. The van der Waals surface area contributed by atoms with E-state index in [0.29, 0.717) is 5.78 Å². The van der Waals surface area contributed by atoms with Gasteiger partial charge in [0.05, 0.1) is 0 Å². The summed E-state index contributed by atoms with van der Waals surface area (Å²) in [6.45, 7) is 0. The van der Waals surface area contributed by atoms with Gasteiger partial charge in [0.2, 0.25) is 0 Å². The number of hydrogen-bond acceptors (Lipinski definition) is 1. The maximum absolute atomic E-state index is 11.6. The zero-order chi connectivity index (χ0) is 13.6. The molecule has 0 radical (unpaired) electrons. The van der Waals surface area contributed by atoms with Crippen molar-refractivity contribution in [3.8, 4) is 0 Å². The average Bonchev–Trinajstić information content (AvgIpc) is 2.41. The van der Waals surface area contributed by atoms with Gasteiger partial charge in [-0.3, -0.25) is 4.79 Å². The quantitative estimate of drug-likeness (QED) is 0.508. The van der Waals surface area contributed by atoms with Crippen molar-refractivity contribution in [1.29, 1.82) is 0 Å². The number of allylic oxidation sites excluding steroid dienone is 4. The minimum Gasteiger partial charge on any atom is -0.300 e. The molecule has 0 fully saturated rings. The Morgan fingerprint density at radius 1 is 0.526 bits per heavy atom. The summed E-state index contributed by atoms with van der Waals surface area (Å²) in [6.07, 6.45) is 24.1. The second-order valence-corrected chi connectivity index (χ2v) is 5.61. The van der Waals surface area contributed by atoms with Crippen molar-refractivity contribution >= 4 is 5.78 Å². The topological polar surface area (TPSA) is 17.1 Å². The molecule has 1 aliphatic rings. The van der Waals surface area contributed by atoms with E-state index in [1.165, 1.54) is 51.4 Å². The van der Waals surface area contributed by atoms with E-state index in [9.17, 15) is 4.79 Å². The molecule has 0 aromatic rings. The molecule has 0 heterocycles. The second kappa shape index (κ2) is 12.2. The molecule has 108 valence electrons. The van der Waals surface area contributed by atoms with Crippen molar-refractivity contribution < 1.29 is 4.79 Å². The fourth-order valence-electron chi connectivity index (χ4n) is 2.49. The number of rotatable bonds is 0. The average molecular weight is 262 g/mol. The molecule has 0 aromatic heterocycles. The molecule has 0 saturated heterocycles. The van der Waals surface area contributed by atoms with E-state index in [4.69, 9.17) is 0 Å². The Balaban J connectivity index is 2.23. The second-order valence-electron chi connectivity index (χ2n) is 5.61. The van der Waals surface area contributed by atoms with E-state index in [1.54, 1.807) is 0 Å². The van der Waals surface area contributed by atoms with E-state index in [2.05, 4.69) is 24.3 Å². The molecule has 1 heteroatoms. The molecule has 1 aliphatic carbocycles. The summed E-state index contributed by atoms with van der Waals surface area (Å²) >= 11 is 0. The Hall–Kier alpha value is -0.850. The van der Waals surface area contributed by atoms with Gasteiger partial charge in [-0.05, 0) is 44.9 Å². The SMILES string of the molecule is O=C1CCC=CCCCCCCCCC=CCCC1. The van der Waals surface area contributed by atoms with Gasteiger partial charge in [-0.1, -0.05) is 50.0 Å². The minimum atomic E-state index is 0.430. The van der Waals surface area contributed by atoms with Crippen LogP contribution in [0, 0.1) is 0 Å². The molecule has 0 amide bonds. The highest BCUT2D eigenvalue weighted by molar-refractivity contribution is 5.78. The molecular weight excluding hydrogens is 232 g/mol. The molecule has 0 N–H and O–H groups in total. The molecule has 0 bridgehead atoms. The molecule has 1 nitrogen and oxygen atoms in total. The minimum absolute atomic E-state index is 0.430.